The van der Waals surface area contributed by atoms with Crippen molar-refractivity contribution in [3.63, 3.8) is 0 Å². The number of aliphatic imine (C=N–C) groups is 1. The third kappa shape index (κ3) is 10.00. The van der Waals surface area contributed by atoms with E-state index in [2.05, 4.69) is 34.4 Å². The Kier molecular flexibility index (Phi) is 12.2. The van der Waals surface area contributed by atoms with Crippen LogP contribution in [-0.2, 0) is 14.6 Å². The Labute approximate surface area is 163 Å². The molecule has 0 aromatic rings. The summed E-state index contributed by atoms with van der Waals surface area (Å²) in [6, 6.07) is 0. The lowest BCUT2D eigenvalue weighted by Crippen LogP contribution is -2.50. The molecular weight excluding hydrogens is 443 g/mol. The average molecular weight is 476 g/mol. The summed E-state index contributed by atoms with van der Waals surface area (Å²) in [6.45, 7) is 10.9. The van der Waals surface area contributed by atoms with Gasteiger partial charge < -0.3 is 15.4 Å². The zero-order valence-electron chi connectivity index (χ0n) is 15.2. The molecule has 24 heavy (non-hydrogen) atoms. The molecule has 0 radical (unpaired) electrons. The molecule has 1 rings (SSSR count). The Hall–Kier alpha value is -0.130. The van der Waals surface area contributed by atoms with Crippen LogP contribution >= 0.6 is 24.0 Å². The predicted octanol–water partition coefficient (Wildman–Crippen LogP) is 0.561. The fourth-order valence-electron chi connectivity index (χ4n) is 2.49. The number of guanidine groups is 1. The molecule has 0 aromatic carbocycles. The molecule has 0 aliphatic carbocycles. The molecule has 1 saturated heterocycles. The zero-order chi connectivity index (χ0) is 17.3. The van der Waals surface area contributed by atoms with Gasteiger partial charge in [0.1, 0.15) is 0 Å². The molecule has 0 saturated carbocycles. The van der Waals surface area contributed by atoms with Crippen LogP contribution < -0.4 is 10.6 Å². The fourth-order valence-corrected chi connectivity index (χ4v) is 3.19. The third-order valence-corrected chi connectivity index (χ3v) is 5.42. The summed E-state index contributed by atoms with van der Waals surface area (Å²) >= 11 is 0. The fraction of sp³-hybridized carbons (Fsp3) is 0.933. The summed E-state index contributed by atoms with van der Waals surface area (Å²) in [4.78, 5) is 6.54. The van der Waals surface area contributed by atoms with Crippen LogP contribution in [0.4, 0.5) is 0 Å². The Balaban J connectivity index is 0.00000529. The van der Waals surface area contributed by atoms with E-state index in [-0.39, 0.29) is 41.6 Å². The molecule has 144 valence electrons. The van der Waals surface area contributed by atoms with Crippen molar-refractivity contribution >= 4 is 39.8 Å². The van der Waals surface area contributed by atoms with Crippen LogP contribution in [0.3, 0.4) is 0 Å². The topological polar surface area (TPSA) is 83.0 Å². The monoisotopic (exact) mass is 476 g/mol. The van der Waals surface area contributed by atoms with Gasteiger partial charge in [0.2, 0.25) is 0 Å². The van der Waals surface area contributed by atoms with Crippen molar-refractivity contribution in [2.45, 2.75) is 26.9 Å². The number of halogens is 1. The molecule has 1 heterocycles. The number of nitrogens with zero attached hydrogens (tertiary/aromatic N) is 2. The first-order valence-corrected chi connectivity index (χ1v) is 10.2. The molecule has 7 nitrogen and oxygen atoms in total. The van der Waals surface area contributed by atoms with Crippen molar-refractivity contribution in [3.05, 3.63) is 0 Å². The van der Waals surface area contributed by atoms with Gasteiger partial charge in [-0.25, -0.2) is 8.42 Å². The van der Waals surface area contributed by atoms with Gasteiger partial charge in [-0.1, -0.05) is 20.8 Å². The van der Waals surface area contributed by atoms with E-state index < -0.39 is 9.84 Å². The highest BCUT2D eigenvalue weighted by Crippen LogP contribution is 2.07. The van der Waals surface area contributed by atoms with Crippen molar-refractivity contribution in [3.8, 4) is 0 Å². The summed E-state index contributed by atoms with van der Waals surface area (Å²) in [5.74, 6) is 1.55. The maximum Gasteiger partial charge on any atom is 0.191 e. The second-order valence-corrected chi connectivity index (χ2v) is 8.74. The summed E-state index contributed by atoms with van der Waals surface area (Å²) in [5, 5.41) is 6.24. The smallest absolute Gasteiger partial charge is 0.191 e. The van der Waals surface area contributed by atoms with Gasteiger partial charge in [0.25, 0.3) is 0 Å². The van der Waals surface area contributed by atoms with Crippen LogP contribution in [0.2, 0.25) is 0 Å². The first-order chi connectivity index (χ1) is 10.9. The van der Waals surface area contributed by atoms with E-state index in [1.165, 1.54) is 0 Å². The van der Waals surface area contributed by atoms with Crippen molar-refractivity contribution in [1.82, 2.24) is 15.5 Å². The van der Waals surface area contributed by atoms with Crippen LogP contribution in [-0.4, -0.2) is 83.3 Å². The minimum absolute atomic E-state index is 0. The van der Waals surface area contributed by atoms with E-state index in [0.717, 1.165) is 26.2 Å². The van der Waals surface area contributed by atoms with E-state index in [1.54, 1.807) is 14.0 Å². The van der Waals surface area contributed by atoms with E-state index in [1.807, 2.05) is 0 Å². The maximum atomic E-state index is 11.5. The zero-order valence-corrected chi connectivity index (χ0v) is 18.4. The summed E-state index contributed by atoms with van der Waals surface area (Å²) in [7, 11) is -1.28. The standard InChI is InChI=1S/C15H32N4O3S.HI/c1-5-23(20,21)9-6-17-15(16-4)18-10-14-12-19(7-8-22-14)11-13(2)3;/h13-14H,5-12H2,1-4H3,(H2,16,17,18);1H. The Bertz CT molecular complexity index is 471. The molecule has 0 spiro atoms. The number of nitrogens with one attached hydrogen (secondary N) is 2. The summed E-state index contributed by atoms with van der Waals surface area (Å²) < 4.78 is 28.7. The molecule has 0 bridgehead atoms. The highest BCUT2D eigenvalue weighted by Gasteiger charge is 2.21. The van der Waals surface area contributed by atoms with Gasteiger partial charge in [-0.3, -0.25) is 9.89 Å². The second kappa shape index (κ2) is 12.3. The van der Waals surface area contributed by atoms with Crippen LogP contribution in [0.25, 0.3) is 0 Å². The molecule has 2 N–H and O–H groups in total. The van der Waals surface area contributed by atoms with Gasteiger partial charge in [0.05, 0.1) is 18.5 Å². The second-order valence-electron chi connectivity index (χ2n) is 6.26. The lowest BCUT2D eigenvalue weighted by molar-refractivity contribution is -0.0284. The molecule has 1 atom stereocenters. The van der Waals surface area contributed by atoms with Crippen LogP contribution in [0, 0.1) is 5.92 Å². The number of ether oxygens (including phenoxy) is 1. The molecule has 1 aliphatic rings. The Morgan fingerprint density at radius 1 is 1.38 bits per heavy atom. The van der Waals surface area contributed by atoms with Crippen molar-refractivity contribution in [1.29, 1.82) is 0 Å². The lowest BCUT2D eigenvalue weighted by atomic mass is 10.2. The van der Waals surface area contributed by atoms with Crippen molar-refractivity contribution < 1.29 is 13.2 Å². The molecule has 1 unspecified atom stereocenters. The number of morpholine rings is 1. The van der Waals surface area contributed by atoms with Gasteiger partial charge in [0.15, 0.2) is 15.8 Å². The predicted molar refractivity (Wildman–Crippen MR) is 110 cm³/mol. The Morgan fingerprint density at radius 3 is 2.67 bits per heavy atom. The molecular formula is C15H33IN4O3S. The molecule has 0 aromatic heterocycles. The van der Waals surface area contributed by atoms with Gasteiger partial charge >= 0.3 is 0 Å². The molecule has 9 heteroatoms. The normalized spacial score (nSPS) is 19.9. The lowest BCUT2D eigenvalue weighted by Gasteiger charge is -2.34. The highest BCUT2D eigenvalue weighted by molar-refractivity contribution is 14.0. The minimum Gasteiger partial charge on any atom is -0.374 e. The van der Waals surface area contributed by atoms with Gasteiger partial charge in [0, 0.05) is 45.5 Å². The van der Waals surface area contributed by atoms with E-state index in [0.29, 0.717) is 25.0 Å². The van der Waals surface area contributed by atoms with Gasteiger partial charge in [-0.15, -0.1) is 24.0 Å². The minimum atomic E-state index is -2.95. The average Bonchev–Trinajstić information content (AvgIpc) is 2.50. The highest BCUT2D eigenvalue weighted by atomic mass is 127. The molecule has 0 amide bonds. The number of sulfone groups is 1. The first-order valence-electron chi connectivity index (χ1n) is 8.35. The third-order valence-electron chi connectivity index (χ3n) is 3.71. The van der Waals surface area contributed by atoms with Gasteiger partial charge in [-0.05, 0) is 5.92 Å². The quantitative estimate of drug-likeness (QED) is 0.303. The number of hydrogen-bond acceptors (Lipinski definition) is 5. The van der Waals surface area contributed by atoms with Crippen molar-refractivity contribution in [2.75, 3.05) is 57.9 Å². The number of hydrogen-bond donors (Lipinski definition) is 2. The Morgan fingerprint density at radius 2 is 2.08 bits per heavy atom. The summed E-state index contributed by atoms with van der Waals surface area (Å²) in [6.07, 6.45) is 0.125. The molecule has 1 fully saturated rings. The summed E-state index contributed by atoms with van der Waals surface area (Å²) in [5.41, 5.74) is 0. The van der Waals surface area contributed by atoms with Crippen LogP contribution in [0.1, 0.15) is 20.8 Å². The van der Waals surface area contributed by atoms with E-state index in [9.17, 15) is 8.42 Å². The van der Waals surface area contributed by atoms with Gasteiger partial charge in [-0.2, -0.15) is 0 Å². The number of rotatable bonds is 8. The maximum absolute atomic E-state index is 11.5. The SMILES string of the molecule is CCS(=O)(=O)CCNC(=NC)NCC1CN(CC(C)C)CCO1.I. The first kappa shape index (κ1) is 23.9. The van der Waals surface area contributed by atoms with E-state index >= 15 is 0 Å². The largest absolute Gasteiger partial charge is 0.374 e. The van der Waals surface area contributed by atoms with E-state index in [4.69, 9.17) is 4.74 Å². The molecule has 1 aliphatic heterocycles. The van der Waals surface area contributed by atoms with Crippen LogP contribution in [0.5, 0.6) is 0 Å². The van der Waals surface area contributed by atoms with Crippen molar-refractivity contribution in [2.24, 2.45) is 10.9 Å². The van der Waals surface area contributed by atoms with Crippen LogP contribution in [0.15, 0.2) is 4.99 Å².